The summed E-state index contributed by atoms with van der Waals surface area (Å²) < 4.78 is 0. The largest absolute Gasteiger partial charge is 0.345 e. The maximum Gasteiger partial charge on any atom is 0.251 e. The first-order valence-electron chi connectivity index (χ1n) is 7.07. The molecule has 1 amide bonds. The normalized spacial score (nSPS) is 10.7. The third kappa shape index (κ3) is 2.79. The van der Waals surface area contributed by atoms with Gasteiger partial charge in [-0.2, -0.15) is 0 Å². The highest BCUT2D eigenvalue weighted by molar-refractivity contribution is 5.95. The number of hydrogen-bond donors (Lipinski definition) is 2. The van der Waals surface area contributed by atoms with Crippen LogP contribution in [0, 0.1) is 0 Å². The molecule has 0 bridgehead atoms. The Morgan fingerprint density at radius 1 is 1.14 bits per heavy atom. The second-order valence-electron chi connectivity index (χ2n) is 4.89. The van der Waals surface area contributed by atoms with Crippen molar-refractivity contribution in [1.82, 2.24) is 15.3 Å². The third-order valence-corrected chi connectivity index (χ3v) is 3.50. The molecule has 0 aliphatic heterocycles. The molecule has 1 heterocycles. The summed E-state index contributed by atoms with van der Waals surface area (Å²) in [5.74, 6) is 0.700. The molecule has 0 fully saturated rings. The Labute approximate surface area is 123 Å². The van der Waals surface area contributed by atoms with Gasteiger partial charge < -0.3 is 10.3 Å². The Bertz CT molecular complexity index is 743. The highest BCUT2D eigenvalue weighted by Gasteiger charge is 2.10. The number of carbonyl (C=O) groups is 1. The van der Waals surface area contributed by atoms with Gasteiger partial charge in [-0.25, -0.2) is 4.98 Å². The Kier molecular flexibility index (Phi) is 3.69. The molecule has 4 heteroatoms. The van der Waals surface area contributed by atoms with Gasteiger partial charge in [-0.1, -0.05) is 37.3 Å². The van der Waals surface area contributed by atoms with Gasteiger partial charge in [0.15, 0.2) is 0 Å². The van der Waals surface area contributed by atoms with Crippen LogP contribution in [0.3, 0.4) is 0 Å². The smallest absolute Gasteiger partial charge is 0.251 e. The quantitative estimate of drug-likeness (QED) is 0.771. The molecule has 0 saturated heterocycles. The number of aryl methyl sites for hydroxylation is 1. The molecule has 0 spiro atoms. The van der Waals surface area contributed by atoms with Crippen LogP contribution < -0.4 is 5.32 Å². The first-order chi connectivity index (χ1) is 10.3. The predicted octanol–water partition coefficient (Wildman–Crippen LogP) is 3.06. The minimum absolute atomic E-state index is 0.0621. The lowest BCUT2D eigenvalue weighted by Gasteiger charge is -2.07. The maximum atomic E-state index is 12.3. The van der Waals surface area contributed by atoms with Crippen LogP contribution in [0.2, 0.25) is 0 Å². The van der Waals surface area contributed by atoms with E-state index in [1.54, 1.807) is 0 Å². The molecule has 2 N–H and O–H groups in total. The van der Waals surface area contributed by atoms with Crippen molar-refractivity contribution in [3.05, 3.63) is 65.5 Å². The van der Waals surface area contributed by atoms with E-state index < -0.39 is 0 Å². The van der Waals surface area contributed by atoms with E-state index in [0.29, 0.717) is 6.54 Å². The van der Waals surface area contributed by atoms with Crippen LogP contribution in [-0.2, 0) is 13.0 Å². The van der Waals surface area contributed by atoms with Crippen molar-refractivity contribution in [2.45, 2.75) is 19.9 Å². The molecule has 3 rings (SSSR count). The van der Waals surface area contributed by atoms with Crippen LogP contribution in [-0.4, -0.2) is 15.9 Å². The molecule has 0 radical (unpaired) electrons. The third-order valence-electron chi connectivity index (χ3n) is 3.50. The van der Waals surface area contributed by atoms with Gasteiger partial charge in [0.05, 0.1) is 17.6 Å². The number of aromatic nitrogens is 2. The fourth-order valence-electron chi connectivity index (χ4n) is 2.40. The number of fused-ring (bicyclic) bond motifs is 1. The summed E-state index contributed by atoms with van der Waals surface area (Å²) in [6.45, 7) is 2.44. The van der Waals surface area contributed by atoms with Crippen molar-refractivity contribution in [3.63, 3.8) is 0 Å². The number of nitrogens with zero attached hydrogens (tertiary/aromatic N) is 1. The second kappa shape index (κ2) is 5.79. The molecule has 21 heavy (non-hydrogen) atoms. The van der Waals surface area contributed by atoms with Crippen molar-refractivity contribution >= 4 is 16.9 Å². The number of hydrogen-bond acceptors (Lipinski definition) is 2. The van der Waals surface area contributed by atoms with Crippen molar-refractivity contribution in [2.75, 3.05) is 0 Å². The van der Waals surface area contributed by atoms with Gasteiger partial charge in [0.2, 0.25) is 0 Å². The number of nitrogens with one attached hydrogen (secondary N) is 2. The summed E-state index contributed by atoms with van der Waals surface area (Å²) in [4.78, 5) is 19.9. The molecule has 3 aromatic rings. The van der Waals surface area contributed by atoms with Crippen LogP contribution in [0.5, 0.6) is 0 Å². The van der Waals surface area contributed by atoms with Gasteiger partial charge in [0.1, 0.15) is 5.82 Å². The predicted molar refractivity (Wildman–Crippen MR) is 83.1 cm³/mol. The zero-order valence-corrected chi connectivity index (χ0v) is 11.9. The molecule has 2 aromatic carbocycles. The molecular formula is C17H17N3O. The summed E-state index contributed by atoms with van der Waals surface area (Å²) >= 11 is 0. The van der Waals surface area contributed by atoms with E-state index in [1.165, 1.54) is 0 Å². The van der Waals surface area contributed by atoms with Gasteiger partial charge in [0, 0.05) is 5.56 Å². The molecule has 4 nitrogen and oxygen atoms in total. The fourth-order valence-corrected chi connectivity index (χ4v) is 2.40. The Morgan fingerprint density at radius 3 is 2.71 bits per heavy atom. The van der Waals surface area contributed by atoms with Crippen molar-refractivity contribution in [2.24, 2.45) is 0 Å². The van der Waals surface area contributed by atoms with E-state index in [4.69, 9.17) is 0 Å². The highest BCUT2D eigenvalue weighted by atomic mass is 16.1. The van der Waals surface area contributed by atoms with Crippen LogP contribution in [0.1, 0.15) is 28.7 Å². The lowest BCUT2D eigenvalue weighted by molar-refractivity contribution is 0.0949. The lowest BCUT2D eigenvalue weighted by atomic mass is 10.0. The first-order valence-corrected chi connectivity index (χ1v) is 7.07. The fraction of sp³-hybridized carbons (Fsp3) is 0.176. The summed E-state index contributed by atoms with van der Waals surface area (Å²) in [5.41, 5.74) is 3.68. The van der Waals surface area contributed by atoms with E-state index in [2.05, 4.69) is 15.3 Å². The molecule has 106 valence electrons. The van der Waals surface area contributed by atoms with Gasteiger partial charge in [-0.15, -0.1) is 0 Å². The van der Waals surface area contributed by atoms with Crippen molar-refractivity contribution in [3.8, 4) is 0 Å². The lowest BCUT2D eigenvalue weighted by Crippen LogP contribution is -2.24. The van der Waals surface area contributed by atoms with E-state index in [1.807, 2.05) is 55.5 Å². The maximum absolute atomic E-state index is 12.3. The van der Waals surface area contributed by atoms with Gasteiger partial charge in [-0.3, -0.25) is 4.79 Å². The van der Waals surface area contributed by atoms with Crippen LogP contribution in [0.25, 0.3) is 11.0 Å². The average molecular weight is 279 g/mol. The van der Waals surface area contributed by atoms with E-state index in [-0.39, 0.29) is 5.91 Å². The number of rotatable bonds is 4. The standard InChI is InChI=1S/C17H17N3O/c1-2-12-7-3-4-8-13(12)17(21)18-11-16-19-14-9-5-6-10-15(14)20-16/h3-10H,2,11H2,1H3,(H,18,21)(H,19,20). The summed E-state index contributed by atoms with van der Waals surface area (Å²) in [5, 5.41) is 2.92. The van der Waals surface area contributed by atoms with E-state index >= 15 is 0 Å². The Balaban J connectivity index is 1.73. The number of carbonyl (C=O) groups excluding carboxylic acids is 1. The molecule has 0 atom stereocenters. The van der Waals surface area contributed by atoms with E-state index in [0.717, 1.165) is 34.4 Å². The van der Waals surface area contributed by atoms with Crippen LogP contribution in [0.4, 0.5) is 0 Å². The minimum atomic E-state index is -0.0621. The van der Waals surface area contributed by atoms with Crippen molar-refractivity contribution in [1.29, 1.82) is 0 Å². The monoisotopic (exact) mass is 279 g/mol. The molecule has 1 aromatic heterocycles. The molecule has 0 unspecified atom stereocenters. The minimum Gasteiger partial charge on any atom is -0.345 e. The van der Waals surface area contributed by atoms with Gasteiger partial charge >= 0.3 is 0 Å². The topological polar surface area (TPSA) is 57.8 Å². The SMILES string of the molecule is CCc1ccccc1C(=O)NCc1nc2ccccc2[nH]1. The summed E-state index contributed by atoms with van der Waals surface area (Å²) in [6, 6.07) is 15.5. The number of H-pyrrole nitrogens is 1. The molecular weight excluding hydrogens is 262 g/mol. The number of aromatic amines is 1. The van der Waals surface area contributed by atoms with Gasteiger partial charge in [-0.05, 0) is 30.2 Å². The number of benzene rings is 2. The Morgan fingerprint density at radius 2 is 1.90 bits per heavy atom. The number of para-hydroxylation sites is 2. The zero-order chi connectivity index (χ0) is 14.7. The average Bonchev–Trinajstić information content (AvgIpc) is 2.95. The van der Waals surface area contributed by atoms with E-state index in [9.17, 15) is 4.79 Å². The number of imidazole rings is 1. The van der Waals surface area contributed by atoms with Gasteiger partial charge in [0.25, 0.3) is 5.91 Å². The van der Waals surface area contributed by atoms with Crippen molar-refractivity contribution < 1.29 is 4.79 Å². The summed E-state index contributed by atoms with van der Waals surface area (Å²) in [7, 11) is 0. The summed E-state index contributed by atoms with van der Waals surface area (Å²) in [6.07, 6.45) is 0.841. The molecule has 0 saturated carbocycles. The molecule has 0 aliphatic carbocycles. The second-order valence-corrected chi connectivity index (χ2v) is 4.89. The zero-order valence-electron chi connectivity index (χ0n) is 11.9. The number of amides is 1. The Hall–Kier alpha value is -2.62. The highest BCUT2D eigenvalue weighted by Crippen LogP contribution is 2.11. The van der Waals surface area contributed by atoms with Crippen LogP contribution >= 0.6 is 0 Å². The molecule has 0 aliphatic rings. The first kappa shape index (κ1) is 13.4. The van der Waals surface area contributed by atoms with Crippen LogP contribution in [0.15, 0.2) is 48.5 Å².